The van der Waals surface area contributed by atoms with Crippen molar-refractivity contribution in [3.8, 4) is 0 Å². The Hall–Kier alpha value is -0.540. The van der Waals surface area contributed by atoms with Crippen LogP contribution >= 0.6 is 7.82 Å². The predicted molar refractivity (Wildman–Crippen MR) is 154 cm³/mol. The summed E-state index contributed by atoms with van der Waals surface area (Å²) in [6, 6.07) is -0.885. The summed E-state index contributed by atoms with van der Waals surface area (Å²) in [6.07, 6.45) is 17.5. The van der Waals surface area contributed by atoms with E-state index in [1.54, 1.807) is 0 Å². The first-order valence-corrected chi connectivity index (χ1v) is 16.7. The highest BCUT2D eigenvalue weighted by molar-refractivity contribution is 7.47. The average Bonchev–Trinajstić information content (AvgIpc) is 2.88. The van der Waals surface area contributed by atoms with Crippen LogP contribution in [-0.2, 0) is 18.4 Å². The molecule has 0 rings (SSSR count). The molecule has 9 nitrogen and oxygen atoms in total. The Labute approximate surface area is 232 Å². The zero-order chi connectivity index (χ0) is 28.5. The predicted octanol–water partition coefficient (Wildman–Crippen LogP) is 5.74. The minimum absolute atomic E-state index is 0.0613. The van der Waals surface area contributed by atoms with Gasteiger partial charge in [0.05, 0.1) is 37.9 Å². The molecule has 0 saturated heterocycles. The lowest BCUT2D eigenvalue weighted by Gasteiger charge is -2.25. The lowest BCUT2D eigenvalue weighted by molar-refractivity contribution is -0.125. The van der Waals surface area contributed by atoms with Crippen molar-refractivity contribution in [2.24, 2.45) is 5.73 Å². The molecule has 0 aromatic carbocycles. The van der Waals surface area contributed by atoms with Gasteiger partial charge in [0.15, 0.2) is 0 Å². The van der Waals surface area contributed by atoms with Gasteiger partial charge < -0.3 is 26.2 Å². The number of hydrogen-bond donors (Lipinski definition) is 5. The monoisotopic (exact) mass is 566 g/mol. The van der Waals surface area contributed by atoms with Gasteiger partial charge in [0, 0.05) is 6.54 Å². The zero-order valence-electron chi connectivity index (χ0n) is 24.3. The number of nitrogens with one attached hydrogen (secondary N) is 1. The molecule has 0 saturated carbocycles. The third kappa shape index (κ3) is 23.4. The van der Waals surface area contributed by atoms with Crippen LogP contribution in [0.3, 0.4) is 0 Å². The van der Waals surface area contributed by atoms with Crippen molar-refractivity contribution in [2.45, 2.75) is 154 Å². The van der Waals surface area contributed by atoms with E-state index in [0.29, 0.717) is 12.8 Å². The second kappa shape index (κ2) is 25.4. The van der Waals surface area contributed by atoms with E-state index in [0.717, 1.165) is 44.9 Å². The summed E-state index contributed by atoms with van der Waals surface area (Å²) in [6.45, 7) is 3.93. The molecule has 0 radical (unpaired) electrons. The number of hydrogen-bond acceptors (Lipinski definition) is 7. The first-order chi connectivity index (χ1) is 18.3. The van der Waals surface area contributed by atoms with Crippen LogP contribution in [0.25, 0.3) is 0 Å². The maximum atomic E-state index is 12.6. The fourth-order valence-corrected chi connectivity index (χ4v) is 5.17. The Morgan fingerprint density at radius 3 is 1.76 bits per heavy atom. The minimum atomic E-state index is -4.35. The zero-order valence-corrected chi connectivity index (χ0v) is 25.2. The van der Waals surface area contributed by atoms with E-state index in [9.17, 15) is 24.5 Å². The van der Waals surface area contributed by atoms with Gasteiger partial charge in [0.1, 0.15) is 0 Å². The van der Waals surface area contributed by atoms with Crippen LogP contribution in [0, 0.1) is 0 Å². The number of nitrogens with two attached hydrogens (primary N) is 1. The van der Waals surface area contributed by atoms with Crippen LogP contribution in [-0.4, -0.2) is 59.0 Å². The Morgan fingerprint density at radius 1 is 0.789 bits per heavy atom. The molecule has 0 fully saturated rings. The Kier molecular flexibility index (Phi) is 25.1. The summed E-state index contributed by atoms with van der Waals surface area (Å²) in [5.41, 5.74) is 5.31. The van der Waals surface area contributed by atoms with Crippen LogP contribution in [0.4, 0.5) is 0 Å². The molecule has 0 aromatic heterocycles. The molecule has 6 N–H and O–H groups in total. The molecule has 1 amide bonds. The largest absolute Gasteiger partial charge is 0.472 e. The first-order valence-electron chi connectivity index (χ1n) is 15.2. The highest BCUT2D eigenvalue weighted by Gasteiger charge is 2.28. The summed E-state index contributed by atoms with van der Waals surface area (Å²) in [4.78, 5) is 22.4. The number of aliphatic hydroxyl groups is 2. The fourth-order valence-electron chi connectivity index (χ4n) is 4.41. The molecule has 10 heteroatoms. The smallest absolute Gasteiger partial charge is 0.393 e. The van der Waals surface area contributed by atoms with Gasteiger partial charge >= 0.3 is 7.82 Å². The van der Waals surface area contributed by atoms with Crippen molar-refractivity contribution in [1.29, 1.82) is 0 Å². The molecule has 0 aliphatic rings. The number of phosphoric ester groups is 1. The van der Waals surface area contributed by atoms with Gasteiger partial charge in [-0.25, -0.2) is 4.57 Å². The highest BCUT2D eigenvalue weighted by Crippen LogP contribution is 2.43. The van der Waals surface area contributed by atoms with E-state index in [2.05, 4.69) is 19.2 Å². The third-order valence-electron chi connectivity index (χ3n) is 6.77. The van der Waals surface area contributed by atoms with E-state index in [1.807, 2.05) is 0 Å². The lowest BCUT2D eigenvalue weighted by atomic mass is 10.0. The maximum absolute atomic E-state index is 12.6. The lowest BCUT2D eigenvalue weighted by Crippen LogP contribution is -2.47. The van der Waals surface area contributed by atoms with Crippen LogP contribution in [0.1, 0.15) is 136 Å². The summed E-state index contributed by atoms with van der Waals surface area (Å²) >= 11 is 0. The third-order valence-corrected chi connectivity index (χ3v) is 7.75. The average molecular weight is 567 g/mol. The van der Waals surface area contributed by atoms with Crippen LogP contribution in [0.5, 0.6) is 0 Å². The summed E-state index contributed by atoms with van der Waals surface area (Å²) < 4.78 is 21.8. The minimum Gasteiger partial charge on any atom is -0.393 e. The number of carbonyl (C=O) groups excluding carboxylic acids is 1. The molecule has 4 atom stereocenters. The van der Waals surface area contributed by atoms with Gasteiger partial charge in [-0.05, 0) is 12.8 Å². The number of aliphatic hydroxyl groups excluding tert-OH is 2. The van der Waals surface area contributed by atoms with Gasteiger partial charge in [-0.15, -0.1) is 0 Å². The number of amides is 1. The van der Waals surface area contributed by atoms with Crippen molar-refractivity contribution in [2.75, 3.05) is 19.8 Å². The molecule has 0 bridgehead atoms. The van der Waals surface area contributed by atoms with Crippen LogP contribution in [0.15, 0.2) is 0 Å². The molecule has 0 spiro atoms. The van der Waals surface area contributed by atoms with Crippen molar-refractivity contribution in [3.63, 3.8) is 0 Å². The molecule has 4 unspecified atom stereocenters. The van der Waals surface area contributed by atoms with E-state index >= 15 is 0 Å². The van der Waals surface area contributed by atoms with E-state index < -0.39 is 32.0 Å². The Bertz CT molecular complexity index is 598. The van der Waals surface area contributed by atoms with Gasteiger partial charge in [0.25, 0.3) is 0 Å². The molecule has 0 aliphatic carbocycles. The Balaban J connectivity index is 4.50. The summed E-state index contributed by atoms with van der Waals surface area (Å²) in [5.74, 6) is -0.420. The van der Waals surface area contributed by atoms with Gasteiger partial charge in [-0.3, -0.25) is 13.8 Å². The normalized spacial score (nSPS) is 15.6. The standard InChI is InChI=1S/C28H59N2O7P/c1-3-5-7-9-11-12-14-15-17-19-25(31)23-28(33)30-26(24-37-38(34,35)36-22-21-29)27(32)20-18-16-13-10-8-6-4-2/h25-27,31-32H,3-24,29H2,1-2H3,(H,30,33)(H,34,35). The van der Waals surface area contributed by atoms with E-state index in [1.165, 1.54) is 57.8 Å². The molecule has 228 valence electrons. The van der Waals surface area contributed by atoms with Crippen molar-refractivity contribution < 1.29 is 33.5 Å². The number of carbonyl (C=O) groups is 1. The Morgan fingerprint density at radius 2 is 1.26 bits per heavy atom. The van der Waals surface area contributed by atoms with Crippen molar-refractivity contribution in [3.05, 3.63) is 0 Å². The van der Waals surface area contributed by atoms with Gasteiger partial charge in [0.2, 0.25) is 5.91 Å². The van der Waals surface area contributed by atoms with Crippen molar-refractivity contribution in [1.82, 2.24) is 5.32 Å². The molecule has 0 aromatic rings. The number of unbranched alkanes of at least 4 members (excludes halogenated alkanes) is 14. The van der Waals surface area contributed by atoms with Gasteiger partial charge in [-0.1, -0.05) is 117 Å². The molecule has 0 heterocycles. The SMILES string of the molecule is CCCCCCCCCCCC(O)CC(=O)NC(COP(=O)(O)OCCN)C(O)CCCCCCCCC. The second-order valence-electron chi connectivity index (χ2n) is 10.5. The number of rotatable bonds is 28. The highest BCUT2D eigenvalue weighted by atomic mass is 31.2. The second-order valence-corrected chi connectivity index (χ2v) is 12.0. The van der Waals surface area contributed by atoms with Crippen LogP contribution < -0.4 is 11.1 Å². The molecule has 0 aliphatic heterocycles. The van der Waals surface area contributed by atoms with Gasteiger partial charge in [-0.2, -0.15) is 0 Å². The van der Waals surface area contributed by atoms with E-state index in [4.69, 9.17) is 14.8 Å². The fraction of sp³-hybridized carbons (Fsp3) is 0.964. The molecule has 38 heavy (non-hydrogen) atoms. The number of phosphoric acid groups is 1. The first kappa shape index (κ1) is 37.5. The van der Waals surface area contributed by atoms with Crippen LogP contribution in [0.2, 0.25) is 0 Å². The maximum Gasteiger partial charge on any atom is 0.472 e. The molecular formula is C28H59N2O7P. The quantitative estimate of drug-likeness (QED) is 0.0594. The summed E-state index contributed by atoms with van der Waals surface area (Å²) in [7, 11) is -4.35. The molecular weight excluding hydrogens is 507 g/mol. The topological polar surface area (TPSA) is 151 Å². The van der Waals surface area contributed by atoms with E-state index in [-0.39, 0.29) is 26.2 Å². The van der Waals surface area contributed by atoms with Crippen molar-refractivity contribution >= 4 is 13.7 Å². The summed E-state index contributed by atoms with van der Waals surface area (Å²) in [5, 5.41) is 23.7.